The van der Waals surface area contributed by atoms with Gasteiger partial charge in [-0.2, -0.15) is 18.3 Å². The van der Waals surface area contributed by atoms with Crippen LogP contribution in [-0.4, -0.2) is 14.6 Å². The molecule has 1 aromatic carbocycles. The lowest BCUT2D eigenvalue weighted by atomic mass is 10.1. The van der Waals surface area contributed by atoms with Crippen molar-refractivity contribution in [1.29, 1.82) is 0 Å². The summed E-state index contributed by atoms with van der Waals surface area (Å²) in [5.41, 5.74) is 3.46. The summed E-state index contributed by atoms with van der Waals surface area (Å²) in [6.45, 7) is 2.04. The third kappa shape index (κ3) is 3.43. The highest BCUT2D eigenvalue weighted by Crippen LogP contribution is 2.31. The second-order valence-corrected chi connectivity index (χ2v) is 6.31. The van der Waals surface area contributed by atoms with Crippen LogP contribution in [0.1, 0.15) is 18.2 Å². The van der Waals surface area contributed by atoms with Crippen LogP contribution in [0.15, 0.2) is 66.9 Å². The average Bonchev–Trinajstić information content (AvgIpc) is 3.06. The summed E-state index contributed by atoms with van der Waals surface area (Å²) in [6.07, 6.45) is -1.70. The van der Waals surface area contributed by atoms with Crippen molar-refractivity contribution in [2.24, 2.45) is 0 Å². The summed E-state index contributed by atoms with van der Waals surface area (Å²) in [6, 6.07) is 16.3. The number of aryl methyl sites for hydroxylation is 1. The zero-order chi connectivity index (χ0) is 19.7. The number of alkyl halides is 3. The van der Waals surface area contributed by atoms with Crippen molar-refractivity contribution in [3.8, 4) is 11.3 Å². The Hall–Kier alpha value is -3.35. The van der Waals surface area contributed by atoms with E-state index in [1.165, 1.54) is 12.1 Å². The van der Waals surface area contributed by atoms with E-state index < -0.39 is 11.7 Å². The topological polar surface area (TPSA) is 42.2 Å². The molecule has 0 saturated heterocycles. The third-order valence-corrected chi connectivity index (χ3v) is 4.44. The number of fused-ring (bicyclic) bond motifs is 1. The third-order valence-electron chi connectivity index (χ3n) is 4.44. The highest BCUT2D eigenvalue weighted by molar-refractivity contribution is 5.81. The van der Waals surface area contributed by atoms with E-state index in [1.807, 2.05) is 48.0 Å². The zero-order valence-electron chi connectivity index (χ0n) is 15.0. The smallest absolute Gasteiger partial charge is 0.340 e. The van der Waals surface area contributed by atoms with Gasteiger partial charge in [0.05, 0.1) is 22.5 Å². The number of hydrogen-bond donors (Lipinski definition) is 1. The number of nitrogens with one attached hydrogen (secondary N) is 1. The minimum Gasteiger partial charge on any atom is -0.340 e. The minimum atomic E-state index is -4.35. The van der Waals surface area contributed by atoms with Gasteiger partial charge in [-0.05, 0) is 55.0 Å². The number of hydrogen-bond acceptors (Lipinski definition) is 3. The predicted octanol–water partition coefficient (Wildman–Crippen LogP) is 5.72. The van der Waals surface area contributed by atoms with Gasteiger partial charge in [0.2, 0.25) is 0 Å². The second-order valence-electron chi connectivity index (χ2n) is 6.31. The first kappa shape index (κ1) is 18.0. The lowest BCUT2D eigenvalue weighted by molar-refractivity contribution is -0.137. The Labute approximate surface area is 159 Å². The van der Waals surface area contributed by atoms with Gasteiger partial charge in [-0.3, -0.25) is 0 Å². The fraction of sp³-hybridized carbons (Fsp3) is 0.143. The summed E-state index contributed by atoms with van der Waals surface area (Å²) < 4.78 is 40.0. The fourth-order valence-corrected chi connectivity index (χ4v) is 3.11. The standard InChI is InChI=1S/C21H17F3N4/c1-2-16-20(18-7-3-4-13-28(18)27-16)17-6-5-8-19(26-17)25-15-11-9-14(10-12-15)21(22,23)24/h3-13H,2H2,1H3,(H,25,26). The van der Waals surface area contributed by atoms with Crippen LogP contribution in [0.5, 0.6) is 0 Å². The number of benzene rings is 1. The van der Waals surface area contributed by atoms with Gasteiger partial charge in [0.1, 0.15) is 5.82 Å². The van der Waals surface area contributed by atoms with Crippen LogP contribution >= 0.6 is 0 Å². The van der Waals surface area contributed by atoms with Crippen LogP contribution in [0, 0.1) is 0 Å². The largest absolute Gasteiger partial charge is 0.416 e. The van der Waals surface area contributed by atoms with E-state index in [0.717, 1.165) is 41.0 Å². The van der Waals surface area contributed by atoms with Crippen LogP contribution in [0.25, 0.3) is 16.8 Å². The van der Waals surface area contributed by atoms with Crippen molar-refractivity contribution < 1.29 is 13.2 Å². The molecule has 0 saturated carbocycles. The van der Waals surface area contributed by atoms with E-state index in [-0.39, 0.29) is 0 Å². The number of anilines is 2. The Balaban J connectivity index is 1.68. The maximum Gasteiger partial charge on any atom is 0.416 e. The van der Waals surface area contributed by atoms with Crippen LogP contribution in [-0.2, 0) is 12.6 Å². The lowest BCUT2D eigenvalue weighted by Gasteiger charge is -2.10. The van der Waals surface area contributed by atoms with Crippen LogP contribution in [0.2, 0.25) is 0 Å². The van der Waals surface area contributed by atoms with E-state index in [9.17, 15) is 13.2 Å². The molecule has 28 heavy (non-hydrogen) atoms. The van der Waals surface area contributed by atoms with E-state index in [0.29, 0.717) is 11.5 Å². The molecule has 0 fully saturated rings. The molecule has 0 atom stereocenters. The Morgan fingerprint density at radius 3 is 2.46 bits per heavy atom. The number of aromatic nitrogens is 3. The number of pyridine rings is 2. The van der Waals surface area contributed by atoms with Gasteiger partial charge in [-0.25, -0.2) is 9.50 Å². The molecule has 1 N–H and O–H groups in total. The molecule has 3 aromatic heterocycles. The summed E-state index contributed by atoms with van der Waals surface area (Å²) in [5.74, 6) is 0.551. The Kier molecular flexibility index (Phi) is 4.50. The average molecular weight is 382 g/mol. The molecule has 0 aliphatic heterocycles. The zero-order valence-corrected chi connectivity index (χ0v) is 15.0. The van der Waals surface area contributed by atoms with E-state index in [2.05, 4.69) is 15.4 Å². The van der Waals surface area contributed by atoms with Gasteiger partial charge in [0.15, 0.2) is 0 Å². The first-order valence-electron chi connectivity index (χ1n) is 8.83. The molecular formula is C21H17F3N4. The van der Waals surface area contributed by atoms with Crippen molar-refractivity contribution in [2.45, 2.75) is 19.5 Å². The lowest BCUT2D eigenvalue weighted by Crippen LogP contribution is -2.04. The fourth-order valence-electron chi connectivity index (χ4n) is 3.11. The van der Waals surface area contributed by atoms with Crippen molar-refractivity contribution in [3.63, 3.8) is 0 Å². The van der Waals surface area contributed by atoms with Crippen LogP contribution in [0.3, 0.4) is 0 Å². The molecule has 0 aliphatic carbocycles. The Bertz CT molecular complexity index is 1110. The molecule has 0 unspecified atom stereocenters. The van der Waals surface area contributed by atoms with Crippen molar-refractivity contribution in [1.82, 2.24) is 14.6 Å². The Morgan fingerprint density at radius 2 is 1.75 bits per heavy atom. The van der Waals surface area contributed by atoms with E-state index >= 15 is 0 Å². The summed E-state index contributed by atoms with van der Waals surface area (Å²) in [4.78, 5) is 4.65. The summed E-state index contributed by atoms with van der Waals surface area (Å²) in [7, 11) is 0. The molecular weight excluding hydrogens is 365 g/mol. The first-order chi connectivity index (χ1) is 13.5. The molecule has 3 heterocycles. The molecule has 0 spiro atoms. The highest BCUT2D eigenvalue weighted by Gasteiger charge is 2.29. The molecule has 0 radical (unpaired) electrons. The van der Waals surface area contributed by atoms with Crippen LogP contribution < -0.4 is 5.32 Å². The first-order valence-corrected chi connectivity index (χ1v) is 8.83. The number of rotatable bonds is 4. The van der Waals surface area contributed by atoms with Crippen molar-refractivity contribution in [3.05, 3.63) is 78.1 Å². The van der Waals surface area contributed by atoms with Crippen molar-refractivity contribution >= 4 is 17.0 Å². The molecule has 7 heteroatoms. The number of halogens is 3. The normalized spacial score (nSPS) is 11.7. The van der Waals surface area contributed by atoms with Gasteiger partial charge < -0.3 is 5.32 Å². The van der Waals surface area contributed by atoms with Gasteiger partial charge in [0.25, 0.3) is 0 Å². The maximum atomic E-state index is 12.7. The SMILES string of the molecule is CCc1nn2ccccc2c1-c1cccc(Nc2ccc(C(F)(F)F)cc2)n1. The van der Waals surface area contributed by atoms with Gasteiger partial charge in [-0.15, -0.1) is 0 Å². The molecule has 142 valence electrons. The van der Waals surface area contributed by atoms with Gasteiger partial charge in [-0.1, -0.05) is 19.1 Å². The van der Waals surface area contributed by atoms with Crippen molar-refractivity contribution in [2.75, 3.05) is 5.32 Å². The monoisotopic (exact) mass is 382 g/mol. The van der Waals surface area contributed by atoms with Gasteiger partial charge >= 0.3 is 6.18 Å². The second kappa shape index (κ2) is 6.99. The Morgan fingerprint density at radius 1 is 0.964 bits per heavy atom. The molecule has 4 nitrogen and oxygen atoms in total. The summed E-state index contributed by atoms with van der Waals surface area (Å²) >= 11 is 0. The number of nitrogens with zero attached hydrogens (tertiary/aromatic N) is 3. The predicted molar refractivity (Wildman–Crippen MR) is 103 cm³/mol. The molecule has 0 bridgehead atoms. The molecule has 4 rings (SSSR count). The molecule has 4 aromatic rings. The van der Waals surface area contributed by atoms with E-state index in [4.69, 9.17) is 0 Å². The maximum absolute atomic E-state index is 12.7. The summed E-state index contributed by atoms with van der Waals surface area (Å²) in [5, 5.41) is 7.67. The highest BCUT2D eigenvalue weighted by atomic mass is 19.4. The molecule has 0 amide bonds. The van der Waals surface area contributed by atoms with Gasteiger partial charge in [0, 0.05) is 17.4 Å². The quantitative estimate of drug-likeness (QED) is 0.491. The molecule has 0 aliphatic rings. The van der Waals surface area contributed by atoms with E-state index in [1.54, 1.807) is 6.07 Å². The minimum absolute atomic E-state index is 0.535. The van der Waals surface area contributed by atoms with Crippen LogP contribution in [0.4, 0.5) is 24.7 Å².